The van der Waals surface area contributed by atoms with Gasteiger partial charge in [0.2, 0.25) is 5.91 Å². The minimum Gasteiger partial charge on any atom is -0.366 e. The van der Waals surface area contributed by atoms with E-state index in [1.165, 1.54) is 38.6 Å². The fourth-order valence-corrected chi connectivity index (χ4v) is 41.0. The first kappa shape index (κ1) is 24.4. The molecular formula is C28H41NOSi3. The summed E-state index contributed by atoms with van der Waals surface area (Å²) < 4.78 is 0. The van der Waals surface area contributed by atoms with Gasteiger partial charge in [-0.15, -0.1) is 0 Å². The van der Waals surface area contributed by atoms with E-state index in [4.69, 9.17) is 5.73 Å². The molecule has 0 aromatic heterocycles. The van der Waals surface area contributed by atoms with E-state index < -0.39 is 22.3 Å². The average molecular weight is 492 g/mol. The van der Waals surface area contributed by atoms with Crippen LogP contribution in [0.4, 0.5) is 0 Å². The monoisotopic (exact) mass is 491 g/mol. The Morgan fingerprint density at radius 2 is 1.55 bits per heavy atom. The van der Waals surface area contributed by atoms with E-state index in [9.17, 15) is 4.79 Å². The summed E-state index contributed by atoms with van der Waals surface area (Å²) >= 11 is 0. The third kappa shape index (κ3) is 3.26. The topological polar surface area (TPSA) is 43.1 Å². The van der Waals surface area contributed by atoms with Crippen LogP contribution in [0.1, 0.15) is 60.3 Å². The molecule has 2 aromatic rings. The molecule has 1 heterocycles. The summed E-state index contributed by atoms with van der Waals surface area (Å²) in [6.07, 6.45) is 3.36. The van der Waals surface area contributed by atoms with Crippen LogP contribution < -0.4 is 16.1 Å². The number of benzene rings is 2. The third-order valence-electron chi connectivity index (χ3n) is 9.55. The van der Waals surface area contributed by atoms with Crippen LogP contribution in [0.25, 0.3) is 17.2 Å². The lowest BCUT2D eigenvalue weighted by atomic mass is 9.81. The van der Waals surface area contributed by atoms with Gasteiger partial charge in [-0.1, -0.05) is 100 Å². The number of fused-ring (bicyclic) bond motifs is 2. The molecule has 1 aliphatic heterocycles. The zero-order valence-electron chi connectivity index (χ0n) is 22.5. The molecule has 4 rings (SSSR count). The van der Waals surface area contributed by atoms with Gasteiger partial charge in [-0.05, 0) is 59.1 Å². The molecule has 5 heteroatoms. The van der Waals surface area contributed by atoms with Gasteiger partial charge >= 0.3 is 0 Å². The highest BCUT2D eigenvalue weighted by atomic mass is 29.6. The maximum atomic E-state index is 12.7. The third-order valence-corrected chi connectivity index (χ3v) is 51.1. The Kier molecular flexibility index (Phi) is 5.30. The van der Waals surface area contributed by atoms with Crippen LogP contribution in [0.2, 0.25) is 39.3 Å². The number of primary amides is 1. The van der Waals surface area contributed by atoms with Gasteiger partial charge in [0, 0.05) is 12.7 Å². The second-order valence-corrected chi connectivity index (χ2v) is 40.4. The molecule has 176 valence electrons. The normalized spacial score (nSPS) is 19.8. The van der Waals surface area contributed by atoms with Gasteiger partial charge in [0.1, 0.15) is 0 Å². The van der Waals surface area contributed by atoms with Crippen molar-refractivity contribution in [2.75, 3.05) is 0 Å². The maximum absolute atomic E-state index is 12.7. The van der Waals surface area contributed by atoms with E-state index >= 15 is 0 Å². The van der Waals surface area contributed by atoms with Crippen molar-refractivity contribution in [2.45, 2.75) is 85.7 Å². The number of rotatable bonds is 2. The van der Waals surface area contributed by atoms with Crippen molar-refractivity contribution in [2.24, 2.45) is 5.73 Å². The van der Waals surface area contributed by atoms with Crippen LogP contribution in [0.15, 0.2) is 23.8 Å². The Hall–Kier alpha value is -1.70. The molecular weight excluding hydrogens is 451 g/mol. The average Bonchev–Trinajstić information content (AvgIpc) is 3.09. The molecule has 0 fully saturated rings. The number of hydrogen-bond acceptors (Lipinski definition) is 1. The van der Waals surface area contributed by atoms with E-state index in [2.05, 4.69) is 98.2 Å². The van der Waals surface area contributed by atoms with Crippen LogP contribution in [0.5, 0.6) is 0 Å². The van der Waals surface area contributed by atoms with Crippen LogP contribution >= 0.6 is 0 Å². The molecule has 2 nitrogen and oxygen atoms in total. The van der Waals surface area contributed by atoms with Crippen LogP contribution in [0, 0.1) is 6.92 Å². The Morgan fingerprint density at radius 1 is 0.939 bits per heavy atom. The summed E-state index contributed by atoms with van der Waals surface area (Å²) in [5.74, 6) is -0.287. The Balaban J connectivity index is 2.21. The summed E-state index contributed by atoms with van der Waals surface area (Å²) in [5.41, 5.74) is 16.2. The second kappa shape index (κ2) is 7.15. The van der Waals surface area contributed by atoms with Crippen LogP contribution in [0.3, 0.4) is 0 Å². The van der Waals surface area contributed by atoms with Gasteiger partial charge in [0.05, 0.1) is 15.2 Å². The molecule has 2 aliphatic rings. The van der Waals surface area contributed by atoms with Gasteiger partial charge < -0.3 is 5.73 Å². The number of carbonyl (C=O) groups is 1. The van der Waals surface area contributed by atoms with Crippen molar-refractivity contribution in [1.82, 2.24) is 0 Å². The lowest BCUT2D eigenvalue weighted by molar-refractivity contribution is 0.1000. The summed E-state index contributed by atoms with van der Waals surface area (Å²) in [5, 5.41) is 3.18. The highest BCUT2D eigenvalue weighted by Gasteiger charge is 2.61. The largest absolute Gasteiger partial charge is 0.366 e. The SMILES string of the molecule is CC1=Cc2cc(C(C)(C)C)cc(-c3c(C)c(C(N)=O)cc4c3[Si](C)(C)[Si](C)(C)[Si]4(C)C)c2C1. The van der Waals surface area contributed by atoms with E-state index in [1.54, 1.807) is 5.19 Å². The second-order valence-electron chi connectivity index (χ2n) is 13.1. The number of amides is 1. The Bertz CT molecular complexity index is 1240. The molecule has 33 heavy (non-hydrogen) atoms. The summed E-state index contributed by atoms with van der Waals surface area (Å²) in [6, 6.07) is 7.07. The summed E-state index contributed by atoms with van der Waals surface area (Å²) in [4.78, 5) is 12.7. The van der Waals surface area contributed by atoms with Gasteiger partial charge in [0.25, 0.3) is 0 Å². The molecule has 0 radical (unpaired) electrons. The minimum atomic E-state index is -1.72. The Morgan fingerprint density at radius 3 is 2.09 bits per heavy atom. The van der Waals surface area contributed by atoms with Crippen molar-refractivity contribution < 1.29 is 4.79 Å². The molecule has 0 saturated heterocycles. The number of nitrogens with two attached hydrogens (primary N) is 1. The quantitative estimate of drug-likeness (QED) is 0.536. The molecule has 0 saturated carbocycles. The summed E-state index contributed by atoms with van der Waals surface area (Å²) in [7, 11) is -4.94. The molecule has 2 N–H and O–H groups in total. The molecule has 0 unspecified atom stereocenters. The van der Waals surface area contributed by atoms with Crippen molar-refractivity contribution in [3.63, 3.8) is 0 Å². The lowest BCUT2D eigenvalue weighted by Gasteiger charge is -2.40. The standard InChI is InChI=1S/C28H41NOSi3/c1-17-12-19-14-20(28(3,4)5)15-23(22(19)13-17)25-18(2)21(27(29)30)16-24-26(25)32(8,9)33(10,11)31(24,6)7/h12,14-16H,13H2,1-11H3,(H2,29,30). The first-order valence-electron chi connectivity index (χ1n) is 12.3. The smallest absolute Gasteiger partial charge is 0.248 e. The van der Waals surface area contributed by atoms with E-state index in [1.807, 2.05) is 0 Å². The minimum absolute atomic E-state index is 0.0570. The highest BCUT2D eigenvalue weighted by Crippen LogP contribution is 2.43. The van der Waals surface area contributed by atoms with E-state index in [0.29, 0.717) is 0 Å². The van der Waals surface area contributed by atoms with E-state index in [0.717, 1.165) is 17.5 Å². The fourth-order valence-electron chi connectivity index (χ4n) is 6.22. The molecule has 2 aromatic carbocycles. The highest BCUT2D eigenvalue weighted by molar-refractivity contribution is 7.76. The zero-order valence-corrected chi connectivity index (χ0v) is 25.5. The first-order chi connectivity index (χ1) is 14.9. The first-order valence-corrected chi connectivity index (χ1v) is 23.3. The van der Waals surface area contributed by atoms with Gasteiger partial charge in [-0.3, -0.25) is 4.79 Å². The maximum Gasteiger partial charge on any atom is 0.248 e. The van der Waals surface area contributed by atoms with Crippen molar-refractivity contribution in [1.29, 1.82) is 0 Å². The van der Waals surface area contributed by atoms with Crippen molar-refractivity contribution in [3.05, 3.63) is 51.6 Å². The number of carbonyl (C=O) groups excluding carboxylic acids is 1. The predicted octanol–water partition coefficient (Wildman–Crippen LogP) is 5.73. The van der Waals surface area contributed by atoms with Crippen LogP contribution in [-0.4, -0.2) is 28.2 Å². The van der Waals surface area contributed by atoms with Gasteiger partial charge in [-0.2, -0.15) is 0 Å². The molecule has 0 atom stereocenters. The van der Waals surface area contributed by atoms with Gasteiger partial charge in [0.15, 0.2) is 0 Å². The van der Waals surface area contributed by atoms with Crippen molar-refractivity contribution in [3.8, 4) is 11.1 Å². The molecule has 0 bridgehead atoms. The molecule has 0 spiro atoms. The predicted molar refractivity (Wildman–Crippen MR) is 153 cm³/mol. The number of hydrogen-bond donors (Lipinski definition) is 1. The fraction of sp³-hybridized carbons (Fsp3) is 0.464. The molecule has 1 amide bonds. The van der Waals surface area contributed by atoms with Crippen molar-refractivity contribution >= 4 is 44.6 Å². The van der Waals surface area contributed by atoms with Gasteiger partial charge in [-0.25, -0.2) is 0 Å². The number of allylic oxidation sites excluding steroid dienone is 1. The zero-order chi connectivity index (χ0) is 24.9. The van der Waals surface area contributed by atoms with E-state index in [-0.39, 0.29) is 11.3 Å². The lowest BCUT2D eigenvalue weighted by Crippen LogP contribution is -2.68. The Labute approximate surface area is 203 Å². The summed E-state index contributed by atoms with van der Waals surface area (Å²) in [6.45, 7) is 26.9. The molecule has 1 aliphatic carbocycles. The van der Waals surface area contributed by atoms with Crippen LogP contribution in [-0.2, 0) is 11.8 Å².